The molecule has 0 aliphatic heterocycles. The summed E-state index contributed by atoms with van der Waals surface area (Å²) >= 11 is 6.96. The van der Waals surface area contributed by atoms with Crippen LogP contribution in [0.15, 0.2) is 18.2 Å². The molecule has 1 aromatic rings. The van der Waals surface area contributed by atoms with E-state index in [9.17, 15) is 4.79 Å². The normalized spacial score (nSPS) is 23.7. The molecule has 1 unspecified atom stereocenters. The maximum atomic E-state index is 12.2. The van der Waals surface area contributed by atoms with Gasteiger partial charge in [0.2, 0.25) is 0 Å². The molecule has 1 aliphatic rings. The maximum Gasteiger partial charge on any atom is 0.190 e. The molecule has 0 spiro atoms. The zero-order valence-electron chi connectivity index (χ0n) is 8.68. The van der Waals surface area contributed by atoms with Crippen molar-refractivity contribution in [2.75, 3.05) is 0 Å². The number of ketones is 1. The van der Waals surface area contributed by atoms with Gasteiger partial charge in [0, 0.05) is 5.56 Å². The highest BCUT2D eigenvalue weighted by atomic mass is 79.9. The number of hydrogen-bond acceptors (Lipinski definition) is 1. The quantitative estimate of drug-likeness (QED) is 0.660. The summed E-state index contributed by atoms with van der Waals surface area (Å²) in [6.45, 7) is 4.13. The number of rotatable bonds is 0. The van der Waals surface area contributed by atoms with Crippen molar-refractivity contribution in [2.45, 2.75) is 23.5 Å². The van der Waals surface area contributed by atoms with Crippen molar-refractivity contribution in [1.29, 1.82) is 0 Å². The maximum absolute atomic E-state index is 12.2. The zero-order valence-corrected chi connectivity index (χ0v) is 11.9. The fourth-order valence-corrected chi connectivity index (χ4v) is 2.73. The molecule has 3 heteroatoms. The van der Waals surface area contributed by atoms with Gasteiger partial charge in [0.05, 0.1) is 0 Å². The van der Waals surface area contributed by atoms with Crippen LogP contribution in [-0.4, -0.2) is 9.02 Å². The number of benzene rings is 1. The van der Waals surface area contributed by atoms with E-state index in [4.69, 9.17) is 0 Å². The fraction of sp³-hybridized carbons (Fsp3) is 0.417. The zero-order chi connectivity index (χ0) is 11.2. The van der Waals surface area contributed by atoms with Crippen molar-refractivity contribution < 1.29 is 4.79 Å². The van der Waals surface area contributed by atoms with Gasteiger partial charge in [0.1, 0.15) is 3.23 Å². The predicted octanol–water partition coefficient (Wildman–Crippen LogP) is 3.86. The van der Waals surface area contributed by atoms with Crippen molar-refractivity contribution in [3.8, 4) is 0 Å². The summed E-state index contributed by atoms with van der Waals surface area (Å²) in [6.07, 6.45) is 0.930. The average Bonchev–Trinajstić information content (AvgIpc) is 2.15. The molecule has 0 radical (unpaired) electrons. The summed E-state index contributed by atoms with van der Waals surface area (Å²) < 4.78 is -0.581. The first-order chi connectivity index (χ1) is 6.93. The van der Waals surface area contributed by atoms with E-state index in [0.29, 0.717) is 0 Å². The Morgan fingerprint density at radius 3 is 2.73 bits per heavy atom. The van der Waals surface area contributed by atoms with Crippen LogP contribution in [0.4, 0.5) is 0 Å². The van der Waals surface area contributed by atoms with Crippen LogP contribution < -0.4 is 0 Å². The number of aryl methyl sites for hydroxylation is 1. The van der Waals surface area contributed by atoms with Gasteiger partial charge in [-0.2, -0.15) is 0 Å². The Bertz CT molecular complexity index is 424. The summed E-state index contributed by atoms with van der Waals surface area (Å²) in [4.78, 5) is 12.2. The van der Waals surface area contributed by atoms with E-state index >= 15 is 0 Å². The number of carbonyl (C=O) groups excluding carboxylic acids is 1. The van der Waals surface area contributed by atoms with Gasteiger partial charge in [-0.05, 0) is 24.8 Å². The average molecular weight is 332 g/mol. The molecule has 1 aliphatic carbocycles. The molecular weight excluding hydrogens is 320 g/mol. The molecule has 0 amide bonds. The van der Waals surface area contributed by atoms with Crippen molar-refractivity contribution in [3.63, 3.8) is 0 Å². The Hall–Kier alpha value is -0.150. The lowest BCUT2D eigenvalue weighted by Crippen LogP contribution is -2.38. The van der Waals surface area contributed by atoms with Crippen LogP contribution in [0.3, 0.4) is 0 Å². The largest absolute Gasteiger partial charge is 0.292 e. The molecule has 2 rings (SSSR count). The molecule has 0 saturated heterocycles. The first-order valence-electron chi connectivity index (χ1n) is 4.95. The molecule has 15 heavy (non-hydrogen) atoms. The second-order valence-corrected chi connectivity index (χ2v) is 7.78. The van der Waals surface area contributed by atoms with Crippen LogP contribution >= 0.6 is 31.9 Å². The van der Waals surface area contributed by atoms with Gasteiger partial charge in [-0.15, -0.1) is 0 Å². The topological polar surface area (TPSA) is 17.1 Å². The molecule has 1 nitrogen and oxygen atoms in total. The third-order valence-electron chi connectivity index (χ3n) is 2.95. The summed E-state index contributed by atoms with van der Waals surface area (Å²) in [5, 5.41) is 0. The molecule has 80 valence electrons. The van der Waals surface area contributed by atoms with Gasteiger partial charge < -0.3 is 0 Å². The Kier molecular flexibility index (Phi) is 2.80. The lowest BCUT2D eigenvalue weighted by Gasteiger charge is -2.32. The lowest BCUT2D eigenvalue weighted by molar-refractivity contribution is 0.0953. The van der Waals surface area contributed by atoms with Crippen LogP contribution in [0, 0.1) is 12.8 Å². The van der Waals surface area contributed by atoms with E-state index < -0.39 is 3.23 Å². The van der Waals surface area contributed by atoms with Crippen LogP contribution in [0.5, 0.6) is 0 Å². The number of Topliss-reactive ketones (excluding diaryl/α,β-unsaturated/α-hetero) is 1. The van der Waals surface area contributed by atoms with E-state index in [1.165, 1.54) is 11.1 Å². The van der Waals surface area contributed by atoms with E-state index in [1.807, 2.05) is 12.1 Å². The Balaban J connectivity index is 2.56. The van der Waals surface area contributed by atoms with Crippen molar-refractivity contribution in [3.05, 3.63) is 34.9 Å². The van der Waals surface area contributed by atoms with E-state index in [2.05, 4.69) is 51.8 Å². The van der Waals surface area contributed by atoms with Crippen LogP contribution in [0.25, 0.3) is 0 Å². The highest BCUT2D eigenvalue weighted by molar-refractivity contribution is 9.26. The van der Waals surface area contributed by atoms with E-state index in [0.717, 1.165) is 12.0 Å². The number of fused-ring (bicyclic) bond motifs is 1. The van der Waals surface area contributed by atoms with Crippen molar-refractivity contribution in [1.82, 2.24) is 0 Å². The van der Waals surface area contributed by atoms with E-state index in [-0.39, 0.29) is 11.7 Å². The predicted molar refractivity (Wildman–Crippen MR) is 69.0 cm³/mol. The number of alkyl halides is 2. The first kappa shape index (κ1) is 11.3. The molecule has 0 aromatic heterocycles. The summed E-state index contributed by atoms with van der Waals surface area (Å²) in [7, 11) is 0. The highest BCUT2D eigenvalue weighted by Gasteiger charge is 2.43. The van der Waals surface area contributed by atoms with Gasteiger partial charge in [-0.3, -0.25) is 4.79 Å². The Morgan fingerprint density at radius 2 is 2.07 bits per heavy atom. The summed E-state index contributed by atoms with van der Waals surface area (Å²) in [5.74, 6) is 0.399. The molecule has 1 aromatic carbocycles. The number of halogens is 2. The molecule has 0 saturated carbocycles. The first-order valence-corrected chi connectivity index (χ1v) is 6.53. The Labute approximate surface area is 107 Å². The van der Waals surface area contributed by atoms with Crippen molar-refractivity contribution in [2.24, 2.45) is 5.92 Å². The Morgan fingerprint density at radius 1 is 1.40 bits per heavy atom. The van der Waals surface area contributed by atoms with Crippen molar-refractivity contribution >= 4 is 37.6 Å². The minimum Gasteiger partial charge on any atom is -0.292 e. The third-order valence-corrected chi connectivity index (χ3v) is 5.24. The molecule has 1 atom stereocenters. The van der Waals surface area contributed by atoms with Gasteiger partial charge in [-0.1, -0.05) is 62.5 Å². The van der Waals surface area contributed by atoms with Gasteiger partial charge >= 0.3 is 0 Å². The second kappa shape index (κ2) is 3.70. The SMILES string of the molecule is Cc1ccc2c(c1)CC(C)C(Br)(Br)C2=O. The minimum atomic E-state index is -0.581. The standard InChI is InChI=1S/C12H12Br2O/c1-7-3-4-10-9(5-7)6-8(2)12(13,14)11(10)15/h3-5,8H,6H2,1-2H3. The highest BCUT2D eigenvalue weighted by Crippen LogP contribution is 2.44. The van der Waals surface area contributed by atoms with Crippen LogP contribution in [-0.2, 0) is 6.42 Å². The van der Waals surface area contributed by atoms with E-state index in [1.54, 1.807) is 0 Å². The molecule has 0 N–H and O–H groups in total. The molecule has 0 bridgehead atoms. The lowest BCUT2D eigenvalue weighted by atomic mass is 9.83. The summed E-state index contributed by atoms with van der Waals surface area (Å²) in [5.41, 5.74) is 3.22. The number of hydrogen-bond donors (Lipinski definition) is 0. The van der Waals surface area contributed by atoms with Gasteiger partial charge in [0.25, 0.3) is 0 Å². The van der Waals surface area contributed by atoms with Crippen LogP contribution in [0.2, 0.25) is 0 Å². The second-order valence-electron chi connectivity index (χ2n) is 4.22. The summed E-state index contributed by atoms with van der Waals surface area (Å²) in [6, 6.07) is 6.03. The smallest absolute Gasteiger partial charge is 0.190 e. The molecule has 0 heterocycles. The monoisotopic (exact) mass is 330 g/mol. The van der Waals surface area contributed by atoms with Gasteiger partial charge in [0.15, 0.2) is 5.78 Å². The molecule has 0 fully saturated rings. The van der Waals surface area contributed by atoms with Crippen LogP contribution in [0.1, 0.15) is 28.4 Å². The molecular formula is C12H12Br2O. The third kappa shape index (κ3) is 1.80. The minimum absolute atomic E-state index is 0.135. The van der Waals surface area contributed by atoms with Gasteiger partial charge in [-0.25, -0.2) is 0 Å². The fourth-order valence-electron chi connectivity index (χ4n) is 1.97. The number of carbonyl (C=O) groups is 1.